The molecule has 1 aliphatic heterocycles. The third-order valence-electron chi connectivity index (χ3n) is 5.75. The number of benzene rings is 1. The molecule has 8 nitrogen and oxygen atoms in total. The number of ether oxygens (including phenoxy) is 2. The van der Waals surface area contributed by atoms with Gasteiger partial charge in [0.2, 0.25) is 0 Å². The second-order valence-corrected chi connectivity index (χ2v) is 7.49. The van der Waals surface area contributed by atoms with Crippen LogP contribution in [0.25, 0.3) is 0 Å². The van der Waals surface area contributed by atoms with E-state index in [1.807, 2.05) is 25.1 Å². The van der Waals surface area contributed by atoms with Gasteiger partial charge in [-0.1, -0.05) is 17.7 Å². The number of hydrogen-bond acceptors (Lipinski definition) is 6. The maximum Gasteiger partial charge on any atom is 0.332 e. The molecular weight excluding hydrogens is 372 g/mol. The Morgan fingerprint density at radius 2 is 1.93 bits per heavy atom. The average molecular weight is 398 g/mol. The summed E-state index contributed by atoms with van der Waals surface area (Å²) in [6.07, 6.45) is 1.50. The van der Waals surface area contributed by atoms with E-state index in [9.17, 15) is 14.9 Å². The Morgan fingerprint density at radius 3 is 2.55 bits per heavy atom. The van der Waals surface area contributed by atoms with Crippen molar-refractivity contribution in [2.75, 3.05) is 32.2 Å². The van der Waals surface area contributed by atoms with Gasteiger partial charge in [-0.3, -0.25) is 13.9 Å². The molecule has 2 heterocycles. The Kier molecular flexibility index (Phi) is 5.80. The normalized spacial score (nSPS) is 15.6. The Morgan fingerprint density at radius 1 is 1.24 bits per heavy atom. The lowest BCUT2D eigenvalue weighted by Gasteiger charge is -2.39. The van der Waals surface area contributed by atoms with Gasteiger partial charge in [0.15, 0.2) is 5.56 Å². The minimum absolute atomic E-state index is 0.0759. The first kappa shape index (κ1) is 20.7. The molecule has 0 unspecified atom stereocenters. The van der Waals surface area contributed by atoms with Crippen molar-refractivity contribution in [1.82, 2.24) is 9.13 Å². The molecule has 1 aromatic carbocycles. The maximum atomic E-state index is 12.4. The molecule has 3 rings (SSSR count). The number of aromatic nitrogens is 2. The quantitative estimate of drug-likeness (QED) is 0.818. The fourth-order valence-corrected chi connectivity index (χ4v) is 3.94. The molecule has 1 N–H and O–H groups in total. The summed E-state index contributed by atoms with van der Waals surface area (Å²) in [7, 11) is 4.56. The summed E-state index contributed by atoms with van der Waals surface area (Å²) in [4.78, 5) is 24.7. The zero-order valence-electron chi connectivity index (χ0n) is 17.2. The van der Waals surface area contributed by atoms with E-state index in [2.05, 4.69) is 11.4 Å². The zero-order chi connectivity index (χ0) is 21.2. The smallest absolute Gasteiger partial charge is 0.332 e. The van der Waals surface area contributed by atoms with Crippen LogP contribution in [0.3, 0.4) is 0 Å². The van der Waals surface area contributed by atoms with E-state index in [1.54, 1.807) is 14.2 Å². The van der Waals surface area contributed by atoms with Crippen LogP contribution >= 0.6 is 0 Å². The third-order valence-corrected chi connectivity index (χ3v) is 5.75. The Hall–Kier alpha value is -3.05. The Bertz CT molecular complexity index is 1070. The van der Waals surface area contributed by atoms with E-state index in [0.717, 1.165) is 34.3 Å². The van der Waals surface area contributed by atoms with Crippen LogP contribution in [0.4, 0.5) is 5.82 Å². The Balaban J connectivity index is 2.08. The van der Waals surface area contributed by atoms with Gasteiger partial charge < -0.3 is 14.8 Å². The molecule has 1 aromatic heterocycles. The summed E-state index contributed by atoms with van der Waals surface area (Å²) in [5.74, 6) is 1.02. The van der Waals surface area contributed by atoms with Crippen molar-refractivity contribution >= 4 is 5.82 Å². The van der Waals surface area contributed by atoms with Crippen LogP contribution < -0.4 is 21.3 Å². The van der Waals surface area contributed by atoms with Gasteiger partial charge in [-0.15, -0.1) is 0 Å². The van der Waals surface area contributed by atoms with Crippen LogP contribution in [-0.4, -0.2) is 36.0 Å². The zero-order valence-corrected chi connectivity index (χ0v) is 17.2. The van der Waals surface area contributed by atoms with E-state index >= 15 is 0 Å². The second-order valence-electron chi connectivity index (χ2n) is 7.49. The van der Waals surface area contributed by atoms with Crippen molar-refractivity contribution in [2.45, 2.75) is 25.2 Å². The van der Waals surface area contributed by atoms with Gasteiger partial charge in [0.1, 0.15) is 17.6 Å². The molecule has 0 bridgehead atoms. The molecule has 0 radical (unpaired) electrons. The molecule has 0 saturated carbocycles. The monoisotopic (exact) mass is 398 g/mol. The molecule has 29 heavy (non-hydrogen) atoms. The van der Waals surface area contributed by atoms with Gasteiger partial charge in [0, 0.05) is 44.8 Å². The van der Waals surface area contributed by atoms with E-state index in [4.69, 9.17) is 9.47 Å². The minimum atomic E-state index is -0.604. The summed E-state index contributed by atoms with van der Waals surface area (Å²) in [5.41, 5.74) is 0.693. The largest absolute Gasteiger partial charge is 0.496 e. The van der Waals surface area contributed by atoms with E-state index in [0.29, 0.717) is 19.8 Å². The first-order valence-electron chi connectivity index (χ1n) is 9.51. The molecule has 1 aliphatic rings. The van der Waals surface area contributed by atoms with Gasteiger partial charge in [-0.25, -0.2) is 4.79 Å². The number of nitriles is 1. The van der Waals surface area contributed by atoms with E-state index < -0.39 is 11.2 Å². The fraction of sp³-hybridized carbons (Fsp3) is 0.476. The second kappa shape index (κ2) is 8.13. The first-order chi connectivity index (χ1) is 13.8. The fourth-order valence-electron chi connectivity index (χ4n) is 3.94. The predicted molar refractivity (Wildman–Crippen MR) is 110 cm³/mol. The lowest BCUT2D eigenvalue weighted by molar-refractivity contribution is 0.0535. The number of nitrogens with zero attached hydrogens (tertiary/aromatic N) is 3. The van der Waals surface area contributed by atoms with Crippen LogP contribution in [-0.2, 0) is 24.2 Å². The average Bonchev–Trinajstić information content (AvgIpc) is 2.74. The Labute approximate surface area is 169 Å². The molecule has 1 fully saturated rings. The van der Waals surface area contributed by atoms with E-state index in [1.165, 1.54) is 11.6 Å². The lowest BCUT2D eigenvalue weighted by Crippen LogP contribution is -2.43. The van der Waals surface area contributed by atoms with Crippen LogP contribution in [0.5, 0.6) is 5.75 Å². The molecule has 0 atom stereocenters. The van der Waals surface area contributed by atoms with Gasteiger partial charge in [0.25, 0.3) is 5.56 Å². The highest BCUT2D eigenvalue weighted by Crippen LogP contribution is 2.40. The molecule has 0 aliphatic carbocycles. The highest BCUT2D eigenvalue weighted by atomic mass is 16.5. The number of nitrogens with one attached hydrogen (secondary N) is 1. The topological polar surface area (TPSA) is 98.3 Å². The third kappa shape index (κ3) is 3.66. The first-order valence-corrected chi connectivity index (χ1v) is 9.51. The van der Waals surface area contributed by atoms with E-state index in [-0.39, 0.29) is 16.8 Å². The van der Waals surface area contributed by atoms with Crippen LogP contribution in [0.15, 0.2) is 27.8 Å². The molecule has 2 aromatic rings. The molecule has 0 spiro atoms. The molecule has 154 valence electrons. The highest BCUT2D eigenvalue weighted by Gasteiger charge is 2.37. The summed E-state index contributed by atoms with van der Waals surface area (Å²) < 4.78 is 13.5. The van der Waals surface area contributed by atoms with Gasteiger partial charge >= 0.3 is 5.69 Å². The van der Waals surface area contributed by atoms with Crippen molar-refractivity contribution in [1.29, 1.82) is 5.26 Å². The predicted octanol–water partition coefficient (Wildman–Crippen LogP) is 1.43. The molecule has 8 heteroatoms. The van der Waals surface area contributed by atoms with Crippen molar-refractivity contribution < 1.29 is 9.47 Å². The lowest BCUT2D eigenvalue weighted by atomic mass is 9.73. The van der Waals surface area contributed by atoms with Crippen LogP contribution in [0.2, 0.25) is 0 Å². The summed E-state index contributed by atoms with van der Waals surface area (Å²) >= 11 is 0. The van der Waals surface area contributed by atoms with Gasteiger partial charge in [0.05, 0.1) is 7.11 Å². The van der Waals surface area contributed by atoms with Crippen molar-refractivity contribution in [3.8, 4) is 11.8 Å². The number of aryl methyl sites for hydroxylation is 1. The standard InChI is InChI=1S/C21H26N4O4/c1-14-5-6-17(28-4)16(11-14)21(7-9-29-10-8-21)13-23-18-15(12-22)19(26)25(3)20(27)24(18)2/h5-6,11,23H,7-10,13H2,1-4H3. The minimum Gasteiger partial charge on any atom is -0.496 e. The van der Waals surface area contributed by atoms with Crippen molar-refractivity contribution in [3.63, 3.8) is 0 Å². The molecule has 0 amide bonds. The van der Waals surface area contributed by atoms with Crippen LogP contribution in [0.1, 0.15) is 29.5 Å². The number of rotatable bonds is 5. The maximum absolute atomic E-state index is 12.4. The molecule has 1 saturated heterocycles. The molecular formula is C21H26N4O4. The van der Waals surface area contributed by atoms with Gasteiger partial charge in [-0.05, 0) is 25.8 Å². The van der Waals surface area contributed by atoms with Crippen molar-refractivity contribution in [2.24, 2.45) is 14.1 Å². The summed E-state index contributed by atoms with van der Waals surface area (Å²) in [6.45, 7) is 3.66. The summed E-state index contributed by atoms with van der Waals surface area (Å²) in [6, 6.07) is 8.01. The summed E-state index contributed by atoms with van der Waals surface area (Å²) in [5, 5.41) is 12.8. The highest BCUT2D eigenvalue weighted by molar-refractivity contribution is 5.52. The number of anilines is 1. The van der Waals surface area contributed by atoms with Crippen molar-refractivity contribution in [3.05, 3.63) is 55.7 Å². The number of hydrogen-bond donors (Lipinski definition) is 1. The van der Waals surface area contributed by atoms with Crippen LogP contribution in [0, 0.1) is 18.3 Å². The van der Waals surface area contributed by atoms with Gasteiger partial charge in [-0.2, -0.15) is 5.26 Å². The number of methoxy groups -OCH3 is 1. The SMILES string of the molecule is COc1ccc(C)cc1C1(CNc2c(C#N)c(=O)n(C)c(=O)n2C)CCOCC1.